The molecule has 0 unspecified atom stereocenters. The molecular weight excluding hydrogens is 240 g/mol. The van der Waals surface area contributed by atoms with E-state index >= 15 is 0 Å². The topological polar surface area (TPSA) is 55.1 Å². The SMILES string of the molecule is Cc1ccc(CNC(=O)Cc2oc(C)nc2C)cc1. The van der Waals surface area contributed by atoms with E-state index in [9.17, 15) is 4.79 Å². The summed E-state index contributed by atoms with van der Waals surface area (Å²) in [6.45, 7) is 6.20. The molecule has 0 aliphatic carbocycles. The first-order valence-electron chi connectivity index (χ1n) is 6.30. The van der Waals surface area contributed by atoms with Crippen LogP contribution in [0, 0.1) is 20.8 Å². The quantitative estimate of drug-likeness (QED) is 0.916. The Balaban J connectivity index is 1.88. The molecule has 0 atom stereocenters. The van der Waals surface area contributed by atoms with Gasteiger partial charge in [0, 0.05) is 13.5 Å². The van der Waals surface area contributed by atoms with Crippen molar-refractivity contribution in [2.75, 3.05) is 0 Å². The Bertz CT molecular complexity index is 570. The molecule has 0 aliphatic heterocycles. The van der Waals surface area contributed by atoms with Gasteiger partial charge < -0.3 is 9.73 Å². The summed E-state index contributed by atoms with van der Waals surface area (Å²) in [5, 5.41) is 2.88. The number of aromatic nitrogens is 1. The number of carbonyl (C=O) groups is 1. The van der Waals surface area contributed by atoms with Gasteiger partial charge in [0.25, 0.3) is 0 Å². The number of benzene rings is 1. The lowest BCUT2D eigenvalue weighted by Crippen LogP contribution is -2.24. The van der Waals surface area contributed by atoms with Crippen LogP contribution in [0.15, 0.2) is 28.7 Å². The van der Waals surface area contributed by atoms with Crippen molar-refractivity contribution in [1.29, 1.82) is 0 Å². The first-order valence-corrected chi connectivity index (χ1v) is 6.30. The van der Waals surface area contributed by atoms with Crippen molar-refractivity contribution in [3.8, 4) is 0 Å². The molecule has 19 heavy (non-hydrogen) atoms. The first-order chi connectivity index (χ1) is 9.04. The summed E-state index contributed by atoms with van der Waals surface area (Å²) in [7, 11) is 0. The largest absolute Gasteiger partial charge is 0.445 e. The summed E-state index contributed by atoms with van der Waals surface area (Å²) in [6.07, 6.45) is 0.235. The number of aryl methyl sites for hydroxylation is 3. The zero-order chi connectivity index (χ0) is 13.8. The fourth-order valence-electron chi connectivity index (χ4n) is 1.85. The van der Waals surface area contributed by atoms with E-state index in [2.05, 4.69) is 10.3 Å². The summed E-state index contributed by atoms with van der Waals surface area (Å²) in [5.41, 5.74) is 3.08. The average molecular weight is 258 g/mol. The van der Waals surface area contributed by atoms with Gasteiger partial charge in [-0.3, -0.25) is 4.79 Å². The number of oxazole rings is 1. The highest BCUT2D eigenvalue weighted by atomic mass is 16.4. The van der Waals surface area contributed by atoms with Crippen LogP contribution in [0.4, 0.5) is 0 Å². The lowest BCUT2D eigenvalue weighted by Gasteiger charge is -2.05. The van der Waals surface area contributed by atoms with Crippen LogP contribution in [0.25, 0.3) is 0 Å². The van der Waals surface area contributed by atoms with Gasteiger partial charge in [-0.25, -0.2) is 4.98 Å². The van der Waals surface area contributed by atoms with Crippen LogP contribution in [-0.2, 0) is 17.8 Å². The number of carbonyl (C=O) groups excluding carboxylic acids is 1. The van der Waals surface area contributed by atoms with Crippen LogP contribution >= 0.6 is 0 Å². The maximum Gasteiger partial charge on any atom is 0.227 e. The van der Waals surface area contributed by atoms with E-state index in [1.807, 2.05) is 38.1 Å². The molecule has 0 aliphatic rings. The second-order valence-corrected chi connectivity index (χ2v) is 4.68. The van der Waals surface area contributed by atoms with E-state index in [1.54, 1.807) is 6.92 Å². The minimum atomic E-state index is -0.0557. The molecule has 4 heteroatoms. The normalized spacial score (nSPS) is 10.5. The molecule has 0 radical (unpaired) electrons. The van der Waals surface area contributed by atoms with Gasteiger partial charge in [-0.2, -0.15) is 0 Å². The monoisotopic (exact) mass is 258 g/mol. The molecule has 1 heterocycles. The van der Waals surface area contributed by atoms with Crippen LogP contribution in [0.3, 0.4) is 0 Å². The van der Waals surface area contributed by atoms with Gasteiger partial charge in [-0.1, -0.05) is 29.8 Å². The van der Waals surface area contributed by atoms with Crippen LogP contribution < -0.4 is 5.32 Å². The van der Waals surface area contributed by atoms with Gasteiger partial charge in [0.2, 0.25) is 5.91 Å². The third-order valence-corrected chi connectivity index (χ3v) is 2.93. The Hall–Kier alpha value is -2.10. The van der Waals surface area contributed by atoms with E-state index < -0.39 is 0 Å². The Labute approximate surface area is 112 Å². The van der Waals surface area contributed by atoms with E-state index in [1.165, 1.54) is 5.56 Å². The van der Waals surface area contributed by atoms with Gasteiger partial charge in [0.15, 0.2) is 5.89 Å². The predicted octanol–water partition coefficient (Wildman–Crippen LogP) is 2.46. The van der Waals surface area contributed by atoms with Crippen molar-refractivity contribution in [1.82, 2.24) is 10.3 Å². The van der Waals surface area contributed by atoms with Crippen molar-refractivity contribution < 1.29 is 9.21 Å². The van der Waals surface area contributed by atoms with Crippen molar-refractivity contribution in [3.05, 3.63) is 52.7 Å². The van der Waals surface area contributed by atoms with Crippen molar-refractivity contribution in [2.45, 2.75) is 33.7 Å². The smallest absolute Gasteiger partial charge is 0.227 e. The van der Waals surface area contributed by atoms with Gasteiger partial charge in [0.1, 0.15) is 5.76 Å². The van der Waals surface area contributed by atoms with Gasteiger partial charge in [0.05, 0.1) is 12.1 Å². The standard InChI is InChI=1S/C15H18N2O2/c1-10-4-6-13(7-5-10)9-16-15(18)8-14-11(2)17-12(3)19-14/h4-7H,8-9H2,1-3H3,(H,16,18). The Morgan fingerprint density at radius 1 is 1.21 bits per heavy atom. The Kier molecular flexibility index (Phi) is 4.00. The Morgan fingerprint density at radius 3 is 2.47 bits per heavy atom. The molecule has 1 N–H and O–H groups in total. The molecule has 0 saturated carbocycles. The van der Waals surface area contributed by atoms with E-state index in [4.69, 9.17) is 4.42 Å². The highest BCUT2D eigenvalue weighted by Crippen LogP contribution is 2.10. The lowest BCUT2D eigenvalue weighted by molar-refractivity contribution is -0.120. The summed E-state index contributed by atoms with van der Waals surface area (Å²) in [5.74, 6) is 1.18. The second-order valence-electron chi connectivity index (χ2n) is 4.68. The summed E-state index contributed by atoms with van der Waals surface area (Å²) >= 11 is 0. The third-order valence-electron chi connectivity index (χ3n) is 2.93. The summed E-state index contributed by atoms with van der Waals surface area (Å²) in [6, 6.07) is 8.09. The van der Waals surface area contributed by atoms with Gasteiger partial charge in [-0.15, -0.1) is 0 Å². The minimum Gasteiger partial charge on any atom is -0.445 e. The zero-order valence-electron chi connectivity index (χ0n) is 11.5. The fourth-order valence-corrected chi connectivity index (χ4v) is 1.85. The van der Waals surface area contributed by atoms with Crippen LogP contribution in [-0.4, -0.2) is 10.9 Å². The van der Waals surface area contributed by atoms with Crippen molar-refractivity contribution in [2.24, 2.45) is 0 Å². The molecule has 2 aromatic rings. The average Bonchev–Trinajstić information content (AvgIpc) is 2.67. The number of hydrogen-bond donors (Lipinski definition) is 1. The molecule has 1 amide bonds. The van der Waals surface area contributed by atoms with Crippen LogP contribution in [0.1, 0.15) is 28.5 Å². The summed E-state index contributed by atoms with van der Waals surface area (Å²) < 4.78 is 5.38. The van der Waals surface area contributed by atoms with E-state index in [-0.39, 0.29) is 12.3 Å². The fraction of sp³-hybridized carbons (Fsp3) is 0.333. The number of nitrogens with zero attached hydrogens (tertiary/aromatic N) is 1. The van der Waals surface area contributed by atoms with Crippen LogP contribution in [0.2, 0.25) is 0 Å². The van der Waals surface area contributed by atoms with Crippen LogP contribution in [0.5, 0.6) is 0 Å². The number of hydrogen-bond acceptors (Lipinski definition) is 3. The highest BCUT2D eigenvalue weighted by molar-refractivity contribution is 5.78. The molecule has 2 rings (SSSR count). The molecule has 0 fully saturated rings. The third kappa shape index (κ3) is 3.68. The van der Waals surface area contributed by atoms with Crippen molar-refractivity contribution >= 4 is 5.91 Å². The second kappa shape index (κ2) is 5.69. The molecule has 1 aromatic carbocycles. The minimum absolute atomic E-state index is 0.0557. The number of amides is 1. The van der Waals surface area contributed by atoms with E-state index in [0.29, 0.717) is 18.2 Å². The lowest BCUT2D eigenvalue weighted by atomic mass is 10.1. The Morgan fingerprint density at radius 2 is 1.89 bits per heavy atom. The maximum atomic E-state index is 11.8. The number of rotatable bonds is 4. The van der Waals surface area contributed by atoms with Gasteiger partial charge in [-0.05, 0) is 19.4 Å². The summed E-state index contributed by atoms with van der Waals surface area (Å²) in [4.78, 5) is 16.0. The van der Waals surface area contributed by atoms with E-state index in [0.717, 1.165) is 11.3 Å². The van der Waals surface area contributed by atoms with Crippen molar-refractivity contribution in [3.63, 3.8) is 0 Å². The molecule has 100 valence electrons. The maximum absolute atomic E-state index is 11.8. The molecule has 4 nitrogen and oxygen atoms in total. The molecule has 0 saturated heterocycles. The molecule has 1 aromatic heterocycles. The number of nitrogens with one attached hydrogen (secondary N) is 1. The molecule has 0 spiro atoms. The zero-order valence-corrected chi connectivity index (χ0v) is 11.5. The first kappa shape index (κ1) is 13.3. The van der Waals surface area contributed by atoms with Gasteiger partial charge >= 0.3 is 0 Å². The highest BCUT2D eigenvalue weighted by Gasteiger charge is 2.11. The predicted molar refractivity (Wildman–Crippen MR) is 72.7 cm³/mol. The molecular formula is C15H18N2O2. The molecule has 0 bridgehead atoms.